The molecule has 21 heavy (non-hydrogen) atoms. The molecule has 118 valence electrons. The van der Waals surface area contributed by atoms with Crippen LogP contribution < -0.4 is 5.32 Å². The third-order valence-electron chi connectivity index (χ3n) is 4.47. The van der Waals surface area contributed by atoms with Crippen LogP contribution in [0.3, 0.4) is 0 Å². The van der Waals surface area contributed by atoms with Gasteiger partial charge in [-0.25, -0.2) is 0 Å². The van der Waals surface area contributed by atoms with Crippen molar-refractivity contribution >= 4 is 0 Å². The zero-order chi connectivity index (χ0) is 15.3. The Balaban J connectivity index is 2.07. The molecule has 1 aliphatic heterocycles. The molecule has 0 spiro atoms. The van der Waals surface area contributed by atoms with Gasteiger partial charge < -0.3 is 10.1 Å². The fourth-order valence-electron chi connectivity index (χ4n) is 3.18. The van der Waals surface area contributed by atoms with Crippen LogP contribution in [-0.4, -0.2) is 25.3 Å². The van der Waals surface area contributed by atoms with Crippen molar-refractivity contribution < 1.29 is 4.74 Å². The highest BCUT2D eigenvalue weighted by molar-refractivity contribution is 5.29. The lowest BCUT2D eigenvalue weighted by Crippen LogP contribution is -2.39. The Morgan fingerprint density at radius 1 is 1.19 bits per heavy atom. The second-order valence-corrected chi connectivity index (χ2v) is 7.48. The molecule has 1 heterocycles. The summed E-state index contributed by atoms with van der Waals surface area (Å²) in [5.74, 6) is 1.42. The monoisotopic (exact) mass is 289 g/mol. The molecule has 1 saturated heterocycles. The van der Waals surface area contributed by atoms with Gasteiger partial charge >= 0.3 is 0 Å². The van der Waals surface area contributed by atoms with Gasteiger partial charge in [-0.05, 0) is 69.9 Å². The Morgan fingerprint density at radius 3 is 2.48 bits per heavy atom. The highest BCUT2D eigenvalue weighted by atomic mass is 16.5. The lowest BCUT2D eigenvalue weighted by Gasteiger charge is -2.30. The van der Waals surface area contributed by atoms with Crippen molar-refractivity contribution in [1.82, 2.24) is 5.32 Å². The quantitative estimate of drug-likeness (QED) is 0.873. The number of hydrogen-bond acceptors (Lipinski definition) is 2. The largest absolute Gasteiger partial charge is 0.381 e. The van der Waals surface area contributed by atoms with E-state index in [0.29, 0.717) is 5.92 Å². The average Bonchev–Trinajstić information content (AvgIpc) is 2.44. The van der Waals surface area contributed by atoms with Crippen molar-refractivity contribution in [3.63, 3.8) is 0 Å². The minimum Gasteiger partial charge on any atom is -0.381 e. The van der Waals surface area contributed by atoms with E-state index in [9.17, 15) is 0 Å². The second kappa shape index (κ2) is 7.42. The first-order valence-corrected chi connectivity index (χ1v) is 8.34. The van der Waals surface area contributed by atoms with Crippen molar-refractivity contribution in [2.45, 2.75) is 58.4 Å². The van der Waals surface area contributed by atoms with Crippen LogP contribution in [0.4, 0.5) is 0 Å². The normalized spacial score (nSPS) is 18.7. The minimum absolute atomic E-state index is 0.177. The molecule has 2 rings (SSSR count). The van der Waals surface area contributed by atoms with Crippen molar-refractivity contribution in [1.29, 1.82) is 0 Å². The molecule has 1 unspecified atom stereocenters. The number of rotatable bonds is 5. The molecule has 1 aromatic carbocycles. The zero-order valence-electron chi connectivity index (χ0n) is 14.1. The van der Waals surface area contributed by atoms with E-state index < -0.39 is 0 Å². The molecule has 0 radical (unpaired) electrons. The highest BCUT2D eigenvalue weighted by Gasteiger charge is 2.23. The molecule has 1 aromatic rings. The van der Waals surface area contributed by atoms with Crippen LogP contribution >= 0.6 is 0 Å². The van der Waals surface area contributed by atoms with E-state index >= 15 is 0 Å². The smallest absolute Gasteiger partial charge is 0.0468 e. The van der Waals surface area contributed by atoms with Crippen LogP contribution in [0, 0.1) is 12.8 Å². The molecule has 2 heteroatoms. The van der Waals surface area contributed by atoms with Crippen molar-refractivity contribution in [3.8, 4) is 0 Å². The number of nitrogens with one attached hydrogen (secondary N) is 1. The van der Waals surface area contributed by atoms with Crippen LogP contribution in [0.1, 0.15) is 57.1 Å². The summed E-state index contributed by atoms with van der Waals surface area (Å²) in [4.78, 5) is 0. The van der Waals surface area contributed by atoms with Crippen LogP contribution in [0.2, 0.25) is 0 Å². The first-order chi connectivity index (χ1) is 9.96. The topological polar surface area (TPSA) is 21.3 Å². The van der Waals surface area contributed by atoms with E-state index in [1.54, 1.807) is 0 Å². The van der Waals surface area contributed by atoms with Gasteiger partial charge in [0, 0.05) is 25.3 Å². The SMILES string of the molecule is Cc1ccccc1C(CNC(C)(C)C)CC1CCOCC1. The van der Waals surface area contributed by atoms with Gasteiger partial charge in [-0.15, -0.1) is 0 Å². The minimum atomic E-state index is 0.177. The Morgan fingerprint density at radius 2 is 1.86 bits per heavy atom. The van der Waals surface area contributed by atoms with Gasteiger partial charge in [0.15, 0.2) is 0 Å². The fraction of sp³-hybridized carbons (Fsp3) is 0.684. The number of benzene rings is 1. The second-order valence-electron chi connectivity index (χ2n) is 7.48. The lowest BCUT2D eigenvalue weighted by atomic mass is 9.83. The maximum absolute atomic E-state index is 5.51. The molecule has 1 N–H and O–H groups in total. The fourth-order valence-corrected chi connectivity index (χ4v) is 3.18. The predicted molar refractivity (Wildman–Crippen MR) is 89.8 cm³/mol. The predicted octanol–water partition coefficient (Wildman–Crippen LogP) is 4.28. The summed E-state index contributed by atoms with van der Waals surface area (Å²) in [7, 11) is 0. The Bertz CT molecular complexity index is 429. The lowest BCUT2D eigenvalue weighted by molar-refractivity contribution is 0.0614. The van der Waals surface area contributed by atoms with Gasteiger partial charge in [-0.1, -0.05) is 24.3 Å². The number of ether oxygens (including phenoxy) is 1. The first kappa shape index (κ1) is 16.5. The van der Waals surface area contributed by atoms with Crippen LogP contribution in [0.5, 0.6) is 0 Å². The van der Waals surface area contributed by atoms with Gasteiger partial charge in [0.05, 0.1) is 0 Å². The molecule has 0 aliphatic carbocycles. The molecule has 1 atom stereocenters. The highest BCUT2D eigenvalue weighted by Crippen LogP contribution is 2.31. The molecule has 0 aromatic heterocycles. The molecule has 0 saturated carbocycles. The molecular formula is C19H31NO. The van der Waals surface area contributed by atoms with Crippen molar-refractivity contribution in [2.24, 2.45) is 5.92 Å². The molecule has 2 nitrogen and oxygen atoms in total. The maximum Gasteiger partial charge on any atom is 0.0468 e. The van der Waals surface area contributed by atoms with Crippen LogP contribution in [0.25, 0.3) is 0 Å². The Labute approximate surface area is 130 Å². The van der Waals surface area contributed by atoms with E-state index in [4.69, 9.17) is 4.74 Å². The van der Waals surface area contributed by atoms with Gasteiger partial charge in [0.2, 0.25) is 0 Å². The molecule has 0 amide bonds. The third kappa shape index (κ3) is 5.44. The third-order valence-corrected chi connectivity index (χ3v) is 4.47. The van der Waals surface area contributed by atoms with Crippen LogP contribution in [-0.2, 0) is 4.74 Å². The maximum atomic E-state index is 5.51. The van der Waals surface area contributed by atoms with Crippen molar-refractivity contribution in [3.05, 3.63) is 35.4 Å². The molecular weight excluding hydrogens is 258 g/mol. The van der Waals surface area contributed by atoms with Crippen molar-refractivity contribution in [2.75, 3.05) is 19.8 Å². The van der Waals surface area contributed by atoms with E-state index in [1.165, 1.54) is 30.4 Å². The number of aryl methyl sites for hydroxylation is 1. The van der Waals surface area contributed by atoms with E-state index in [2.05, 4.69) is 57.3 Å². The first-order valence-electron chi connectivity index (χ1n) is 8.34. The van der Waals surface area contributed by atoms with Gasteiger partial charge in [0.25, 0.3) is 0 Å². The summed E-state index contributed by atoms with van der Waals surface area (Å²) in [6, 6.07) is 8.87. The summed E-state index contributed by atoms with van der Waals surface area (Å²) >= 11 is 0. The standard InChI is InChI=1S/C19H31NO/c1-15-7-5-6-8-18(15)17(14-20-19(2,3)4)13-16-9-11-21-12-10-16/h5-8,16-17,20H,9-14H2,1-4H3. The number of hydrogen-bond donors (Lipinski definition) is 1. The summed E-state index contributed by atoms with van der Waals surface area (Å²) in [5.41, 5.74) is 3.11. The van der Waals surface area contributed by atoms with E-state index in [-0.39, 0.29) is 5.54 Å². The summed E-state index contributed by atoms with van der Waals surface area (Å²) in [6.07, 6.45) is 3.72. The van der Waals surface area contributed by atoms with Gasteiger partial charge in [0.1, 0.15) is 0 Å². The van der Waals surface area contributed by atoms with Gasteiger partial charge in [-0.2, -0.15) is 0 Å². The van der Waals surface area contributed by atoms with Crippen LogP contribution in [0.15, 0.2) is 24.3 Å². The summed E-state index contributed by atoms with van der Waals surface area (Å²) in [6.45, 7) is 11.9. The Hall–Kier alpha value is -0.860. The summed E-state index contributed by atoms with van der Waals surface area (Å²) in [5, 5.41) is 3.71. The molecule has 1 fully saturated rings. The molecule has 1 aliphatic rings. The zero-order valence-corrected chi connectivity index (χ0v) is 14.1. The van der Waals surface area contributed by atoms with Gasteiger partial charge in [-0.3, -0.25) is 0 Å². The Kier molecular flexibility index (Phi) is 5.83. The van der Waals surface area contributed by atoms with E-state index in [0.717, 1.165) is 25.7 Å². The molecule has 0 bridgehead atoms. The van der Waals surface area contributed by atoms with E-state index in [1.807, 2.05) is 0 Å². The average molecular weight is 289 g/mol. The summed E-state index contributed by atoms with van der Waals surface area (Å²) < 4.78 is 5.51.